The summed E-state index contributed by atoms with van der Waals surface area (Å²) in [5.41, 5.74) is 15.9. The van der Waals surface area contributed by atoms with E-state index in [1.807, 2.05) is 6.07 Å². The van der Waals surface area contributed by atoms with Crippen molar-refractivity contribution >= 4 is 38.4 Å². The Morgan fingerprint density at radius 3 is 1.75 bits per heavy atom. The molecule has 4 nitrogen and oxygen atoms in total. The van der Waals surface area contributed by atoms with Gasteiger partial charge < -0.3 is 4.57 Å². The van der Waals surface area contributed by atoms with E-state index in [9.17, 15) is 0 Å². The van der Waals surface area contributed by atoms with Gasteiger partial charge in [-0.2, -0.15) is 0 Å². The van der Waals surface area contributed by atoms with Crippen molar-refractivity contribution < 1.29 is 0 Å². The Bertz CT molecular complexity index is 3180. The molecule has 0 spiro atoms. The Labute approximate surface area is 349 Å². The molecule has 0 aliphatic heterocycles. The van der Waals surface area contributed by atoms with E-state index < -0.39 is 0 Å². The molecule has 0 bridgehead atoms. The maximum atomic E-state index is 5.40. The quantitative estimate of drug-likeness (QED) is 0.162. The maximum Gasteiger partial charge on any atom is 0.160 e. The molecule has 284 valence electrons. The molecule has 0 saturated carbocycles. The lowest BCUT2D eigenvalue weighted by Crippen LogP contribution is -2.02. The van der Waals surface area contributed by atoms with Crippen LogP contribution in [0.1, 0.15) is 13.3 Å². The van der Waals surface area contributed by atoms with Gasteiger partial charge in [0.15, 0.2) is 5.82 Å². The van der Waals surface area contributed by atoms with Gasteiger partial charge in [0.25, 0.3) is 0 Å². The van der Waals surface area contributed by atoms with Crippen LogP contribution in [0, 0.1) is 5.92 Å². The summed E-state index contributed by atoms with van der Waals surface area (Å²) in [5.74, 6) is 1.14. The highest BCUT2D eigenvalue weighted by Gasteiger charge is 2.22. The fourth-order valence-corrected chi connectivity index (χ4v) is 8.76. The molecule has 7 aromatic carbocycles. The summed E-state index contributed by atoms with van der Waals surface area (Å²) >= 11 is 0. The van der Waals surface area contributed by atoms with Gasteiger partial charge in [0.2, 0.25) is 0 Å². The van der Waals surface area contributed by atoms with Crippen LogP contribution in [0.3, 0.4) is 0 Å². The molecule has 0 fully saturated rings. The average Bonchev–Trinajstić information content (AvgIpc) is 3.68. The molecular weight excluding hydrogens is 729 g/mol. The number of benzene rings is 7. The maximum absolute atomic E-state index is 5.40. The lowest BCUT2D eigenvalue weighted by molar-refractivity contribution is 0.735. The first-order valence-electron chi connectivity index (χ1n) is 20.7. The van der Waals surface area contributed by atoms with Crippen molar-refractivity contribution in [3.05, 3.63) is 206 Å². The summed E-state index contributed by atoms with van der Waals surface area (Å²) in [6.45, 7) is 2.29. The molecule has 1 aliphatic rings. The number of fused-ring (bicyclic) bond motifs is 5. The molecule has 11 rings (SSSR count). The second-order valence-corrected chi connectivity index (χ2v) is 15.7. The first-order chi connectivity index (χ1) is 29.6. The molecule has 0 N–H and O–H groups in total. The number of allylic oxidation sites excluding steroid dienone is 4. The lowest BCUT2D eigenvalue weighted by atomic mass is 9.99. The van der Waals surface area contributed by atoms with Gasteiger partial charge in [0, 0.05) is 44.1 Å². The van der Waals surface area contributed by atoms with Crippen LogP contribution in [0.25, 0.3) is 106 Å². The van der Waals surface area contributed by atoms with Gasteiger partial charge in [-0.3, -0.25) is 0 Å². The van der Waals surface area contributed by atoms with E-state index in [2.05, 4.69) is 212 Å². The number of hydrogen-bond donors (Lipinski definition) is 0. The standard InChI is InChI=1S/C56H40N4/c1-37-15-12-24-46(33-37)60-52-28-11-9-26-48(52)53-54(57-49-27-10-8-25-47(49)55(53)60)41-31-29-40(30-32-41)50-36-51(44-22-13-20-42(34-44)38-16-4-2-5-17-38)59-56(58-50)45-23-14-21-43(35-45)39-18-6-3-7-19-39/h2-14,16-37H,15H2,1H3. The molecular formula is C56H40N4. The molecule has 3 aromatic heterocycles. The van der Waals surface area contributed by atoms with Crippen LogP contribution < -0.4 is 0 Å². The van der Waals surface area contributed by atoms with E-state index in [4.69, 9.17) is 15.0 Å². The number of rotatable bonds is 7. The van der Waals surface area contributed by atoms with Crippen LogP contribution in [0.2, 0.25) is 0 Å². The van der Waals surface area contributed by atoms with Crippen molar-refractivity contribution in [2.75, 3.05) is 0 Å². The van der Waals surface area contributed by atoms with E-state index in [1.54, 1.807) is 0 Å². The van der Waals surface area contributed by atoms with E-state index in [0.29, 0.717) is 11.7 Å². The third-order valence-electron chi connectivity index (χ3n) is 11.7. The van der Waals surface area contributed by atoms with Crippen LogP contribution >= 0.6 is 0 Å². The smallest absolute Gasteiger partial charge is 0.160 e. The summed E-state index contributed by atoms with van der Waals surface area (Å²) in [5, 5.41) is 3.50. The lowest BCUT2D eigenvalue weighted by Gasteiger charge is -2.17. The highest BCUT2D eigenvalue weighted by Crippen LogP contribution is 2.42. The van der Waals surface area contributed by atoms with Gasteiger partial charge in [0.1, 0.15) is 0 Å². The Hall–Kier alpha value is -7.69. The topological polar surface area (TPSA) is 43.6 Å². The molecule has 0 radical (unpaired) electrons. The third-order valence-corrected chi connectivity index (χ3v) is 11.7. The second kappa shape index (κ2) is 14.9. The van der Waals surface area contributed by atoms with Crippen molar-refractivity contribution in [1.82, 2.24) is 19.5 Å². The summed E-state index contributed by atoms with van der Waals surface area (Å²) in [7, 11) is 0. The zero-order valence-electron chi connectivity index (χ0n) is 33.2. The first-order valence-corrected chi connectivity index (χ1v) is 20.7. The molecule has 0 amide bonds. The predicted molar refractivity (Wildman–Crippen MR) is 250 cm³/mol. The number of aromatic nitrogens is 4. The fraction of sp³-hybridized carbons (Fsp3) is 0.0536. The van der Waals surface area contributed by atoms with E-state index in [0.717, 1.165) is 78.7 Å². The molecule has 3 heterocycles. The van der Waals surface area contributed by atoms with E-state index >= 15 is 0 Å². The van der Waals surface area contributed by atoms with E-state index in [-0.39, 0.29) is 0 Å². The van der Waals surface area contributed by atoms with Crippen molar-refractivity contribution in [2.45, 2.75) is 13.3 Å². The Balaban J connectivity index is 1.07. The molecule has 60 heavy (non-hydrogen) atoms. The molecule has 1 atom stereocenters. The van der Waals surface area contributed by atoms with Crippen LogP contribution in [0.5, 0.6) is 0 Å². The van der Waals surface area contributed by atoms with Gasteiger partial charge in [-0.25, -0.2) is 15.0 Å². The van der Waals surface area contributed by atoms with Crippen molar-refractivity contribution in [3.63, 3.8) is 0 Å². The average molecular weight is 769 g/mol. The minimum Gasteiger partial charge on any atom is -0.309 e. The summed E-state index contributed by atoms with van der Waals surface area (Å²) < 4.78 is 2.45. The Morgan fingerprint density at radius 2 is 1.03 bits per heavy atom. The van der Waals surface area contributed by atoms with Gasteiger partial charge >= 0.3 is 0 Å². The number of pyridine rings is 1. The van der Waals surface area contributed by atoms with Crippen molar-refractivity contribution in [1.29, 1.82) is 0 Å². The Morgan fingerprint density at radius 1 is 0.467 bits per heavy atom. The fourth-order valence-electron chi connectivity index (χ4n) is 8.76. The SMILES string of the molecule is CC1C=C(n2c3ccccc3c3c(-c4ccc(-c5cc(-c6cccc(-c7ccccc7)c6)nc(-c6cccc(-c7ccccc7)c6)n5)cc4)nc4ccccc4c32)C=CC1. The third kappa shape index (κ3) is 6.39. The van der Waals surface area contributed by atoms with Crippen LogP contribution in [-0.4, -0.2) is 19.5 Å². The molecule has 10 aromatic rings. The minimum atomic E-state index is 0.463. The minimum absolute atomic E-state index is 0.463. The van der Waals surface area contributed by atoms with Crippen molar-refractivity contribution in [3.8, 4) is 67.4 Å². The van der Waals surface area contributed by atoms with Gasteiger partial charge in [-0.05, 0) is 71.0 Å². The highest BCUT2D eigenvalue weighted by atomic mass is 15.0. The Kier molecular flexibility index (Phi) is 8.82. The number of nitrogens with zero attached hydrogens (tertiary/aromatic N) is 4. The normalized spacial score (nSPS) is 13.9. The zero-order chi connectivity index (χ0) is 40.0. The van der Waals surface area contributed by atoms with Gasteiger partial charge in [-0.15, -0.1) is 0 Å². The largest absolute Gasteiger partial charge is 0.309 e. The summed E-state index contributed by atoms with van der Waals surface area (Å²) in [4.78, 5) is 15.9. The molecule has 4 heteroatoms. The van der Waals surface area contributed by atoms with E-state index in [1.165, 1.54) is 27.7 Å². The predicted octanol–water partition coefficient (Wildman–Crippen LogP) is 14.6. The zero-order valence-corrected chi connectivity index (χ0v) is 33.2. The van der Waals surface area contributed by atoms with Gasteiger partial charge in [-0.1, -0.05) is 177 Å². The first kappa shape index (κ1) is 35.5. The highest BCUT2D eigenvalue weighted by molar-refractivity contribution is 6.23. The molecule has 1 unspecified atom stereocenters. The van der Waals surface area contributed by atoms with Crippen molar-refractivity contribution in [2.24, 2.45) is 5.92 Å². The van der Waals surface area contributed by atoms with Crippen LogP contribution in [0.4, 0.5) is 0 Å². The monoisotopic (exact) mass is 768 g/mol. The molecule has 0 saturated heterocycles. The number of hydrogen-bond acceptors (Lipinski definition) is 3. The van der Waals surface area contributed by atoms with Gasteiger partial charge in [0.05, 0.1) is 33.6 Å². The second-order valence-electron chi connectivity index (χ2n) is 15.7. The summed E-state index contributed by atoms with van der Waals surface area (Å²) in [6, 6.07) is 66.3. The van der Waals surface area contributed by atoms with Crippen LogP contribution in [0.15, 0.2) is 206 Å². The van der Waals surface area contributed by atoms with Crippen LogP contribution in [-0.2, 0) is 0 Å². The number of para-hydroxylation sites is 2. The molecule has 1 aliphatic carbocycles. The summed E-state index contributed by atoms with van der Waals surface area (Å²) in [6.07, 6.45) is 8.02.